The van der Waals surface area contributed by atoms with Crippen molar-refractivity contribution in [3.8, 4) is 0 Å². The summed E-state index contributed by atoms with van der Waals surface area (Å²) in [6.07, 6.45) is 11.5. The van der Waals surface area contributed by atoms with E-state index in [0.717, 1.165) is 24.8 Å². The first-order chi connectivity index (χ1) is 9.78. The van der Waals surface area contributed by atoms with Crippen LogP contribution in [-0.2, 0) is 6.42 Å². The molecule has 1 aromatic rings. The molecular weight excluding hydrogens is 246 g/mol. The van der Waals surface area contributed by atoms with Gasteiger partial charge in [0.15, 0.2) is 0 Å². The van der Waals surface area contributed by atoms with Crippen molar-refractivity contribution in [1.29, 1.82) is 0 Å². The number of nitrogens with one attached hydrogen (secondary N) is 1. The largest absolute Gasteiger partial charge is 0.314 e. The van der Waals surface area contributed by atoms with E-state index in [9.17, 15) is 0 Å². The van der Waals surface area contributed by atoms with E-state index < -0.39 is 0 Å². The highest BCUT2D eigenvalue weighted by Crippen LogP contribution is 2.38. The summed E-state index contributed by atoms with van der Waals surface area (Å²) in [5.41, 5.74) is 1.27. The minimum Gasteiger partial charge on any atom is -0.314 e. The highest BCUT2D eigenvalue weighted by atomic mass is 15.3. The van der Waals surface area contributed by atoms with Crippen LogP contribution in [-0.4, -0.2) is 22.4 Å². The zero-order chi connectivity index (χ0) is 13.9. The van der Waals surface area contributed by atoms with E-state index in [4.69, 9.17) is 5.10 Å². The molecule has 3 nitrogen and oxygen atoms in total. The average Bonchev–Trinajstić information content (AvgIpc) is 2.97. The normalized spacial score (nSPS) is 23.1. The molecule has 2 aliphatic rings. The van der Waals surface area contributed by atoms with Gasteiger partial charge in [-0.15, -0.1) is 0 Å². The first kappa shape index (κ1) is 14.1. The maximum Gasteiger partial charge on any atom is 0.0640 e. The Morgan fingerprint density at radius 3 is 2.70 bits per heavy atom. The molecule has 2 aliphatic carbocycles. The predicted molar refractivity (Wildman–Crippen MR) is 82.8 cm³/mol. The van der Waals surface area contributed by atoms with Crippen molar-refractivity contribution in [2.45, 2.75) is 70.9 Å². The number of hydrogen-bond acceptors (Lipinski definition) is 2. The van der Waals surface area contributed by atoms with Crippen molar-refractivity contribution in [1.82, 2.24) is 15.1 Å². The molecular formula is C17H29N3. The first-order valence-electron chi connectivity index (χ1n) is 8.55. The first-order valence-corrected chi connectivity index (χ1v) is 8.55. The van der Waals surface area contributed by atoms with Crippen molar-refractivity contribution in [2.24, 2.45) is 11.8 Å². The van der Waals surface area contributed by atoms with Crippen LogP contribution in [0.3, 0.4) is 0 Å². The molecule has 112 valence electrons. The van der Waals surface area contributed by atoms with E-state index in [2.05, 4.69) is 36.1 Å². The second kappa shape index (κ2) is 6.30. The fraction of sp³-hybridized carbons (Fsp3) is 0.824. The maximum atomic E-state index is 4.85. The minimum absolute atomic E-state index is 0.597. The summed E-state index contributed by atoms with van der Waals surface area (Å²) >= 11 is 0. The lowest BCUT2D eigenvalue weighted by atomic mass is 9.93. The number of aromatic nitrogens is 2. The summed E-state index contributed by atoms with van der Waals surface area (Å²) in [7, 11) is 0. The standard InChI is InChI=1S/C17H29N3/c1-3-18-17(13(2)14-8-9-14)12-15-10-11-20(19-15)16-6-4-5-7-16/h10-11,13-14,16-18H,3-9,12H2,1-2H3. The molecule has 2 saturated carbocycles. The smallest absolute Gasteiger partial charge is 0.0640 e. The van der Waals surface area contributed by atoms with Crippen LogP contribution in [0.15, 0.2) is 12.3 Å². The van der Waals surface area contributed by atoms with Gasteiger partial charge in [-0.2, -0.15) is 5.10 Å². The van der Waals surface area contributed by atoms with Crippen LogP contribution in [0.5, 0.6) is 0 Å². The maximum absolute atomic E-state index is 4.85. The Morgan fingerprint density at radius 2 is 2.05 bits per heavy atom. The Kier molecular flexibility index (Phi) is 4.45. The van der Waals surface area contributed by atoms with Gasteiger partial charge >= 0.3 is 0 Å². The molecule has 0 radical (unpaired) electrons. The van der Waals surface area contributed by atoms with E-state index in [1.54, 1.807) is 0 Å². The second-order valence-corrected chi connectivity index (χ2v) is 6.79. The van der Waals surface area contributed by atoms with Gasteiger partial charge in [-0.25, -0.2) is 0 Å². The molecule has 0 bridgehead atoms. The van der Waals surface area contributed by atoms with E-state index in [1.807, 2.05) is 0 Å². The molecule has 2 unspecified atom stereocenters. The van der Waals surface area contributed by atoms with Gasteiger partial charge in [0, 0.05) is 18.7 Å². The van der Waals surface area contributed by atoms with E-state index in [1.165, 1.54) is 44.2 Å². The third-order valence-corrected chi connectivity index (χ3v) is 5.26. The molecule has 0 spiro atoms. The lowest BCUT2D eigenvalue weighted by Crippen LogP contribution is -2.37. The summed E-state index contributed by atoms with van der Waals surface area (Å²) in [5.74, 6) is 1.74. The monoisotopic (exact) mass is 275 g/mol. The van der Waals surface area contributed by atoms with Gasteiger partial charge in [-0.1, -0.05) is 26.7 Å². The van der Waals surface area contributed by atoms with Gasteiger partial charge in [0.1, 0.15) is 0 Å². The number of rotatable bonds is 7. The molecule has 2 fully saturated rings. The lowest BCUT2D eigenvalue weighted by molar-refractivity contribution is 0.340. The molecule has 3 rings (SSSR count). The van der Waals surface area contributed by atoms with Crippen LogP contribution in [0.1, 0.15) is 64.1 Å². The summed E-state index contributed by atoms with van der Waals surface area (Å²) in [5, 5.41) is 8.53. The quantitative estimate of drug-likeness (QED) is 0.824. The molecule has 0 amide bonds. The lowest BCUT2D eigenvalue weighted by Gasteiger charge is -2.24. The third kappa shape index (κ3) is 3.25. The Morgan fingerprint density at radius 1 is 1.30 bits per heavy atom. The fourth-order valence-corrected chi connectivity index (χ4v) is 3.74. The summed E-state index contributed by atoms with van der Waals surface area (Å²) < 4.78 is 2.23. The molecule has 1 aromatic heterocycles. The SMILES string of the molecule is CCNC(Cc1ccn(C2CCCC2)n1)C(C)C1CC1. The van der Waals surface area contributed by atoms with Crippen molar-refractivity contribution in [3.63, 3.8) is 0 Å². The van der Waals surface area contributed by atoms with Gasteiger partial charge in [-0.3, -0.25) is 4.68 Å². The van der Waals surface area contributed by atoms with E-state index in [-0.39, 0.29) is 0 Å². The van der Waals surface area contributed by atoms with Crippen molar-refractivity contribution < 1.29 is 0 Å². The van der Waals surface area contributed by atoms with Gasteiger partial charge in [-0.05, 0) is 50.1 Å². The predicted octanol–water partition coefficient (Wildman–Crippen LogP) is 3.56. The average molecular weight is 275 g/mol. The molecule has 20 heavy (non-hydrogen) atoms. The molecule has 3 heteroatoms. The van der Waals surface area contributed by atoms with Crippen LogP contribution in [0.25, 0.3) is 0 Å². The highest BCUT2D eigenvalue weighted by molar-refractivity contribution is 5.04. The van der Waals surface area contributed by atoms with Gasteiger partial charge in [0.05, 0.1) is 11.7 Å². The summed E-state index contributed by atoms with van der Waals surface area (Å²) in [6, 6.07) is 3.50. The molecule has 1 heterocycles. The zero-order valence-corrected chi connectivity index (χ0v) is 13.0. The molecule has 2 atom stereocenters. The van der Waals surface area contributed by atoms with Gasteiger partial charge in [0.2, 0.25) is 0 Å². The van der Waals surface area contributed by atoms with E-state index in [0.29, 0.717) is 12.1 Å². The molecule has 0 saturated heterocycles. The van der Waals surface area contributed by atoms with Crippen LogP contribution in [0.2, 0.25) is 0 Å². The fourth-order valence-electron chi connectivity index (χ4n) is 3.74. The van der Waals surface area contributed by atoms with Crippen LogP contribution >= 0.6 is 0 Å². The van der Waals surface area contributed by atoms with Crippen molar-refractivity contribution in [2.75, 3.05) is 6.54 Å². The Hall–Kier alpha value is -0.830. The Labute approximate surface area is 123 Å². The van der Waals surface area contributed by atoms with Gasteiger partial charge < -0.3 is 5.32 Å². The third-order valence-electron chi connectivity index (χ3n) is 5.26. The van der Waals surface area contributed by atoms with Gasteiger partial charge in [0.25, 0.3) is 0 Å². The Bertz CT molecular complexity index is 416. The van der Waals surface area contributed by atoms with E-state index >= 15 is 0 Å². The van der Waals surface area contributed by atoms with Crippen LogP contribution in [0, 0.1) is 11.8 Å². The zero-order valence-electron chi connectivity index (χ0n) is 13.0. The number of hydrogen-bond donors (Lipinski definition) is 1. The second-order valence-electron chi connectivity index (χ2n) is 6.79. The van der Waals surface area contributed by atoms with Crippen LogP contribution in [0.4, 0.5) is 0 Å². The topological polar surface area (TPSA) is 29.9 Å². The molecule has 0 aliphatic heterocycles. The minimum atomic E-state index is 0.597. The van der Waals surface area contributed by atoms with Crippen molar-refractivity contribution in [3.05, 3.63) is 18.0 Å². The highest BCUT2D eigenvalue weighted by Gasteiger charge is 2.33. The van der Waals surface area contributed by atoms with Crippen molar-refractivity contribution >= 4 is 0 Å². The summed E-state index contributed by atoms with van der Waals surface area (Å²) in [4.78, 5) is 0. The number of likely N-dealkylation sites (N-methyl/N-ethyl adjacent to an activating group) is 1. The molecule has 0 aromatic carbocycles. The number of nitrogens with zero attached hydrogens (tertiary/aromatic N) is 2. The Balaban J connectivity index is 1.62. The van der Waals surface area contributed by atoms with Crippen LogP contribution < -0.4 is 5.32 Å². The summed E-state index contributed by atoms with van der Waals surface area (Å²) in [6.45, 7) is 5.69. The molecule has 1 N–H and O–H groups in total.